The van der Waals surface area contributed by atoms with Gasteiger partial charge in [0, 0.05) is 26.3 Å². The van der Waals surface area contributed by atoms with Gasteiger partial charge in [-0.15, -0.1) is 0 Å². The predicted molar refractivity (Wildman–Crippen MR) is 64.4 cm³/mol. The van der Waals surface area contributed by atoms with E-state index in [0.717, 1.165) is 39.0 Å². The predicted octanol–water partition coefficient (Wildman–Crippen LogP) is 1.01. The number of carbonyl (C=O) groups excluding carboxylic acids is 1. The van der Waals surface area contributed by atoms with Crippen LogP contribution in [0.15, 0.2) is 0 Å². The number of amides is 1. The molecule has 0 aromatic heterocycles. The lowest BCUT2D eigenvalue weighted by Crippen LogP contribution is -2.53. The summed E-state index contributed by atoms with van der Waals surface area (Å²) in [6, 6.07) is 0.317. The van der Waals surface area contributed by atoms with Crippen LogP contribution >= 0.6 is 0 Å². The maximum atomic E-state index is 12.1. The van der Waals surface area contributed by atoms with Crippen molar-refractivity contribution in [3.05, 3.63) is 0 Å². The number of carbonyl (C=O) groups is 1. The largest absolute Gasteiger partial charge is 0.385 e. The number of likely N-dealkylation sites (tertiary alicyclic amines) is 1. The molecule has 1 saturated heterocycles. The average molecular weight is 228 g/mol. The first-order chi connectivity index (χ1) is 7.70. The van der Waals surface area contributed by atoms with Crippen LogP contribution in [0.3, 0.4) is 0 Å². The third kappa shape index (κ3) is 3.46. The summed E-state index contributed by atoms with van der Waals surface area (Å²) in [5.41, 5.74) is 0. The number of nitrogens with one attached hydrogen (secondary N) is 1. The number of likely N-dealkylation sites (N-methyl/N-ethyl adjacent to an activating group) is 1. The molecule has 1 heterocycles. The Hall–Kier alpha value is -0.610. The van der Waals surface area contributed by atoms with Crippen LogP contribution in [-0.2, 0) is 9.53 Å². The summed E-state index contributed by atoms with van der Waals surface area (Å²) >= 11 is 0. The molecule has 0 aromatic carbocycles. The summed E-state index contributed by atoms with van der Waals surface area (Å²) < 4.78 is 5.06. The van der Waals surface area contributed by atoms with E-state index in [1.54, 1.807) is 7.11 Å². The maximum absolute atomic E-state index is 12.1. The topological polar surface area (TPSA) is 41.6 Å². The molecule has 0 bridgehead atoms. The Morgan fingerprint density at radius 3 is 3.00 bits per heavy atom. The second kappa shape index (κ2) is 6.86. The second-order valence-electron chi connectivity index (χ2n) is 4.41. The third-order valence-electron chi connectivity index (χ3n) is 3.20. The minimum atomic E-state index is 0.0312. The van der Waals surface area contributed by atoms with Crippen LogP contribution < -0.4 is 5.32 Å². The van der Waals surface area contributed by atoms with Crippen molar-refractivity contribution in [3.8, 4) is 0 Å². The van der Waals surface area contributed by atoms with Crippen molar-refractivity contribution in [2.75, 3.05) is 26.8 Å². The molecule has 1 amide bonds. The van der Waals surface area contributed by atoms with Crippen molar-refractivity contribution in [2.45, 2.75) is 45.2 Å². The van der Waals surface area contributed by atoms with Gasteiger partial charge in [0.2, 0.25) is 5.91 Å². The van der Waals surface area contributed by atoms with Crippen LogP contribution in [0.2, 0.25) is 0 Å². The molecular formula is C12H24N2O2. The monoisotopic (exact) mass is 228 g/mol. The van der Waals surface area contributed by atoms with Crippen molar-refractivity contribution in [2.24, 2.45) is 0 Å². The molecule has 1 fully saturated rings. The highest BCUT2D eigenvalue weighted by Crippen LogP contribution is 2.16. The Morgan fingerprint density at radius 2 is 2.38 bits per heavy atom. The van der Waals surface area contributed by atoms with E-state index in [-0.39, 0.29) is 18.0 Å². The summed E-state index contributed by atoms with van der Waals surface area (Å²) in [6.07, 6.45) is 2.99. The van der Waals surface area contributed by atoms with Gasteiger partial charge in [0.1, 0.15) is 0 Å². The normalized spacial score (nSPS) is 23.6. The first-order valence-corrected chi connectivity index (χ1v) is 6.23. The molecule has 1 N–H and O–H groups in total. The Kier molecular flexibility index (Phi) is 5.77. The summed E-state index contributed by atoms with van der Waals surface area (Å²) in [7, 11) is 1.70. The molecule has 16 heavy (non-hydrogen) atoms. The van der Waals surface area contributed by atoms with Crippen LogP contribution in [0.5, 0.6) is 0 Å². The van der Waals surface area contributed by atoms with Crippen molar-refractivity contribution in [3.63, 3.8) is 0 Å². The van der Waals surface area contributed by atoms with Gasteiger partial charge in [-0.1, -0.05) is 6.92 Å². The summed E-state index contributed by atoms with van der Waals surface area (Å²) in [6.45, 7) is 6.62. The molecule has 0 aliphatic carbocycles. The van der Waals surface area contributed by atoms with Gasteiger partial charge < -0.3 is 15.0 Å². The number of ether oxygens (including phenoxy) is 1. The Morgan fingerprint density at radius 1 is 1.62 bits per heavy atom. The second-order valence-corrected chi connectivity index (χ2v) is 4.41. The zero-order chi connectivity index (χ0) is 12.0. The van der Waals surface area contributed by atoms with Gasteiger partial charge >= 0.3 is 0 Å². The fraction of sp³-hybridized carbons (Fsp3) is 0.917. The van der Waals surface area contributed by atoms with Crippen molar-refractivity contribution in [1.82, 2.24) is 10.2 Å². The van der Waals surface area contributed by atoms with Gasteiger partial charge in [0.15, 0.2) is 0 Å². The van der Waals surface area contributed by atoms with E-state index >= 15 is 0 Å². The van der Waals surface area contributed by atoms with E-state index in [1.807, 2.05) is 11.8 Å². The Bertz CT molecular complexity index is 219. The van der Waals surface area contributed by atoms with Gasteiger partial charge in [-0.05, 0) is 32.7 Å². The van der Waals surface area contributed by atoms with Gasteiger partial charge in [0.25, 0.3) is 0 Å². The molecule has 0 aromatic rings. The molecule has 1 aliphatic heterocycles. The molecule has 0 saturated carbocycles. The van der Waals surface area contributed by atoms with Gasteiger partial charge in [-0.3, -0.25) is 4.79 Å². The number of piperidine rings is 1. The molecule has 1 rings (SSSR count). The molecule has 4 heteroatoms. The maximum Gasteiger partial charge on any atom is 0.239 e. The number of methoxy groups -OCH3 is 1. The summed E-state index contributed by atoms with van der Waals surface area (Å²) in [5.74, 6) is 0.261. The van der Waals surface area contributed by atoms with E-state index in [9.17, 15) is 4.79 Å². The minimum absolute atomic E-state index is 0.0312. The quantitative estimate of drug-likeness (QED) is 0.738. The zero-order valence-electron chi connectivity index (χ0n) is 10.7. The first-order valence-electron chi connectivity index (χ1n) is 6.23. The molecular weight excluding hydrogens is 204 g/mol. The van der Waals surface area contributed by atoms with Crippen molar-refractivity contribution in [1.29, 1.82) is 0 Å². The lowest BCUT2D eigenvalue weighted by atomic mass is 10.0. The Labute approximate surface area is 98.3 Å². The molecule has 2 atom stereocenters. The van der Waals surface area contributed by atoms with Gasteiger partial charge in [0.05, 0.1) is 6.04 Å². The average Bonchev–Trinajstić information content (AvgIpc) is 2.29. The Balaban J connectivity index is 2.48. The fourth-order valence-electron chi connectivity index (χ4n) is 2.22. The van der Waals surface area contributed by atoms with Crippen LogP contribution in [0.4, 0.5) is 0 Å². The molecule has 1 aliphatic rings. The van der Waals surface area contributed by atoms with Crippen LogP contribution in [0, 0.1) is 0 Å². The van der Waals surface area contributed by atoms with E-state index in [2.05, 4.69) is 12.2 Å². The number of hydrogen-bond acceptors (Lipinski definition) is 3. The van der Waals surface area contributed by atoms with Crippen LogP contribution in [0.1, 0.15) is 33.1 Å². The van der Waals surface area contributed by atoms with Crippen molar-refractivity contribution < 1.29 is 9.53 Å². The van der Waals surface area contributed by atoms with Gasteiger partial charge in [-0.25, -0.2) is 0 Å². The SMILES string of the molecule is CCNC1CCCN(C(C)CCOC)C1=O. The van der Waals surface area contributed by atoms with Gasteiger partial charge in [-0.2, -0.15) is 0 Å². The lowest BCUT2D eigenvalue weighted by molar-refractivity contribution is -0.138. The molecule has 2 unspecified atom stereocenters. The highest BCUT2D eigenvalue weighted by molar-refractivity contribution is 5.82. The highest BCUT2D eigenvalue weighted by atomic mass is 16.5. The number of hydrogen-bond donors (Lipinski definition) is 1. The number of nitrogens with zero attached hydrogens (tertiary/aromatic N) is 1. The van der Waals surface area contributed by atoms with E-state index in [1.165, 1.54) is 0 Å². The molecule has 0 radical (unpaired) electrons. The molecule has 0 spiro atoms. The standard InChI is InChI=1S/C12H24N2O2/c1-4-13-11-6-5-8-14(12(11)15)10(2)7-9-16-3/h10-11,13H,4-9H2,1-3H3. The van der Waals surface area contributed by atoms with E-state index in [0.29, 0.717) is 0 Å². The summed E-state index contributed by atoms with van der Waals surface area (Å²) in [4.78, 5) is 14.1. The third-order valence-corrected chi connectivity index (χ3v) is 3.20. The molecule has 94 valence electrons. The van der Waals surface area contributed by atoms with Crippen molar-refractivity contribution >= 4 is 5.91 Å². The lowest BCUT2D eigenvalue weighted by Gasteiger charge is -2.36. The highest BCUT2D eigenvalue weighted by Gasteiger charge is 2.30. The smallest absolute Gasteiger partial charge is 0.239 e. The summed E-state index contributed by atoms with van der Waals surface area (Å²) in [5, 5.41) is 3.25. The first kappa shape index (κ1) is 13.5. The van der Waals surface area contributed by atoms with E-state index in [4.69, 9.17) is 4.74 Å². The minimum Gasteiger partial charge on any atom is -0.385 e. The number of rotatable bonds is 6. The molecule has 4 nitrogen and oxygen atoms in total. The fourth-order valence-corrected chi connectivity index (χ4v) is 2.22. The van der Waals surface area contributed by atoms with Crippen LogP contribution in [0.25, 0.3) is 0 Å². The zero-order valence-corrected chi connectivity index (χ0v) is 10.7. The van der Waals surface area contributed by atoms with Crippen LogP contribution in [-0.4, -0.2) is 49.7 Å². The van der Waals surface area contributed by atoms with E-state index < -0.39 is 0 Å².